The molecule has 4 aromatic rings. The maximum Gasteiger partial charge on any atom is 0.249 e. The van der Waals surface area contributed by atoms with Gasteiger partial charge in [-0.25, -0.2) is 37.1 Å². The van der Waals surface area contributed by atoms with E-state index in [9.17, 15) is 8.42 Å². The molecule has 43 heavy (non-hydrogen) atoms. The van der Waals surface area contributed by atoms with Gasteiger partial charge in [-0.1, -0.05) is 31.2 Å². The third-order valence-electron chi connectivity index (χ3n) is 6.89. The average molecular weight is 611 g/mol. The minimum Gasteiger partial charge on any atom is -0.435 e. The fraction of sp³-hybridized carbons (Fsp3) is 0.267. The smallest absolute Gasteiger partial charge is 0.249 e. The van der Waals surface area contributed by atoms with E-state index in [-0.39, 0.29) is 23.3 Å². The van der Waals surface area contributed by atoms with E-state index in [0.29, 0.717) is 28.8 Å². The SMILES string of the molecule is Cc1ccccc1CS(=O)(=O)Nc1c(F)cc(Oc2ncccc2-c2ccnc(/N=C/C3CNC[C@@H](C)C3)n2)c(F)c1F. The van der Waals surface area contributed by atoms with Gasteiger partial charge >= 0.3 is 0 Å². The van der Waals surface area contributed by atoms with E-state index in [1.807, 2.05) is 4.72 Å². The van der Waals surface area contributed by atoms with Crippen LogP contribution in [0.4, 0.5) is 24.8 Å². The molecule has 0 aliphatic carbocycles. The van der Waals surface area contributed by atoms with Crippen LogP contribution in [0.2, 0.25) is 0 Å². The minimum absolute atomic E-state index is 0.188. The zero-order valence-electron chi connectivity index (χ0n) is 23.4. The highest BCUT2D eigenvalue weighted by atomic mass is 32.2. The van der Waals surface area contributed by atoms with Crippen molar-refractivity contribution in [2.75, 3.05) is 17.8 Å². The van der Waals surface area contributed by atoms with E-state index in [1.54, 1.807) is 55.6 Å². The molecular formula is C30H29F3N6O3S. The Hall–Kier alpha value is -4.36. The molecule has 1 saturated heterocycles. The lowest BCUT2D eigenvalue weighted by molar-refractivity contribution is 0.363. The van der Waals surface area contributed by atoms with Crippen LogP contribution in [0.3, 0.4) is 0 Å². The highest BCUT2D eigenvalue weighted by Crippen LogP contribution is 2.36. The molecule has 2 atom stereocenters. The lowest BCUT2D eigenvalue weighted by atomic mass is 9.93. The Kier molecular flexibility index (Phi) is 9.02. The summed E-state index contributed by atoms with van der Waals surface area (Å²) in [6.07, 6.45) is 5.64. The molecule has 1 aliphatic rings. The molecule has 1 aliphatic heterocycles. The molecular weight excluding hydrogens is 581 g/mol. The van der Waals surface area contributed by atoms with E-state index < -0.39 is 44.7 Å². The summed E-state index contributed by atoms with van der Waals surface area (Å²) >= 11 is 0. The van der Waals surface area contributed by atoms with Gasteiger partial charge in [0, 0.05) is 37.1 Å². The Morgan fingerprint density at radius 1 is 1.07 bits per heavy atom. The Bertz CT molecular complexity index is 1770. The molecule has 0 spiro atoms. The largest absolute Gasteiger partial charge is 0.435 e. The molecule has 224 valence electrons. The van der Waals surface area contributed by atoms with Crippen LogP contribution in [0.5, 0.6) is 11.6 Å². The molecule has 5 rings (SSSR count). The number of aromatic nitrogens is 3. The molecule has 9 nitrogen and oxygen atoms in total. The van der Waals surface area contributed by atoms with Crippen LogP contribution < -0.4 is 14.8 Å². The number of rotatable bonds is 9. The van der Waals surface area contributed by atoms with Crippen molar-refractivity contribution in [3.05, 3.63) is 89.5 Å². The van der Waals surface area contributed by atoms with Gasteiger partial charge in [0.15, 0.2) is 17.4 Å². The number of anilines is 1. The zero-order valence-corrected chi connectivity index (χ0v) is 24.2. The van der Waals surface area contributed by atoms with E-state index in [4.69, 9.17) is 4.74 Å². The number of piperidine rings is 1. The van der Waals surface area contributed by atoms with Gasteiger partial charge in [-0.2, -0.15) is 4.39 Å². The number of pyridine rings is 1. The average Bonchev–Trinajstić information content (AvgIpc) is 2.98. The highest BCUT2D eigenvalue weighted by molar-refractivity contribution is 7.91. The maximum absolute atomic E-state index is 15.1. The standard InChI is InChI=1S/C30H29F3N6O3S/c1-18-12-20(15-34-14-18)16-37-30-36-11-9-24(38-30)22-8-5-10-35-29(22)42-25-13-23(31)28(27(33)26(25)32)39-43(40,41)17-21-7-4-3-6-19(21)2/h3-11,13,16,18,20,34,39H,12,14-15,17H2,1-2H3/b37-16+/t18-,20?/m0/s1. The van der Waals surface area contributed by atoms with Crippen molar-refractivity contribution in [3.63, 3.8) is 0 Å². The molecule has 1 unspecified atom stereocenters. The molecule has 2 aromatic heterocycles. The van der Waals surface area contributed by atoms with Gasteiger partial charge in [-0.3, -0.25) is 4.72 Å². The van der Waals surface area contributed by atoms with Crippen LogP contribution in [-0.2, 0) is 15.8 Å². The van der Waals surface area contributed by atoms with Gasteiger partial charge in [-0.05, 0) is 55.1 Å². The molecule has 2 N–H and O–H groups in total. The Morgan fingerprint density at radius 2 is 1.88 bits per heavy atom. The Morgan fingerprint density at radius 3 is 2.67 bits per heavy atom. The summed E-state index contributed by atoms with van der Waals surface area (Å²) in [6, 6.07) is 11.9. The minimum atomic E-state index is -4.28. The third kappa shape index (κ3) is 7.35. The topological polar surface area (TPSA) is 118 Å². The molecule has 3 heterocycles. The highest BCUT2D eigenvalue weighted by Gasteiger charge is 2.25. The first-order valence-electron chi connectivity index (χ1n) is 13.5. The molecule has 0 amide bonds. The number of nitrogens with one attached hydrogen (secondary N) is 2. The van der Waals surface area contributed by atoms with Gasteiger partial charge in [0.25, 0.3) is 0 Å². The number of hydrogen-bond acceptors (Lipinski definition) is 8. The van der Waals surface area contributed by atoms with Crippen molar-refractivity contribution >= 4 is 27.9 Å². The number of benzene rings is 2. The fourth-order valence-electron chi connectivity index (χ4n) is 4.73. The van der Waals surface area contributed by atoms with Crippen molar-refractivity contribution in [1.82, 2.24) is 20.3 Å². The Labute approximate surface area is 247 Å². The predicted molar refractivity (Wildman–Crippen MR) is 157 cm³/mol. The monoisotopic (exact) mass is 610 g/mol. The number of ether oxygens (including phenoxy) is 1. The van der Waals surface area contributed by atoms with Gasteiger partial charge in [0.2, 0.25) is 27.7 Å². The first-order valence-corrected chi connectivity index (χ1v) is 15.2. The van der Waals surface area contributed by atoms with Gasteiger partial charge < -0.3 is 10.1 Å². The van der Waals surface area contributed by atoms with Crippen LogP contribution in [0.1, 0.15) is 24.5 Å². The summed E-state index contributed by atoms with van der Waals surface area (Å²) in [7, 11) is -4.28. The van der Waals surface area contributed by atoms with Crippen molar-refractivity contribution in [2.24, 2.45) is 16.8 Å². The molecule has 13 heteroatoms. The lowest BCUT2D eigenvalue weighted by Crippen LogP contribution is -2.35. The van der Waals surface area contributed by atoms with Crippen molar-refractivity contribution in [3.8, 4) is 22.9 Å². The number of hydrogen-bond donors (Lipinski definition) is 2. The number of halogens is 3. The van der Waals surface area contributed by atoms with Crippen LogP contribution in [0.15, 0.2) is 65.9 Å². The summed E-state index contributed by atoms with van der Waals surface area (Å²) in [4.78, 5) is 17.1. The second kappa shape index (κ2) is 12.9. The summed E-state index contributed by atoms with van der Waals surface area (Å²) in [5.74, 6) is -5.36. The number of aliphatic imine (C=N–C) groups is 1. The summed E-state index contributed by atoms with van der Waals surface area (Å²) in [6.45, 7) is 5.63. The molecule has 2 aromatic carbocycles. The molecule has 0 radical (unpaired) electrons. The second-order valence-corrected chi connectivity index (χ2v) is 12.1. The van der Waals surface area contributed by atoms with E-state index in [2.05, 4.69) is 32.2 Å². The maximum atomic E-state index is 15.1. The molecule has 0 bridgehead atoms. The van der Waals surface area contributed by atoms with E-state index in [1.165, 1.54) is 12.4 Å². The van der Waals surface area contributed by atoms with Gasteiger partial charge in [0.1, 0.15) is 5.69 Å². The molecule has 1 fully saturated rings. The number of aryl methyl sites for hydroxylation is 1. The summed E-state index contributed by atoms with van der Waals surface area (Å²) < 4.78 is 77.8. The zero-order chi connectivity index (χ0) is 30.6. The molecule has 0 saturated carbocycles. The first kappa shape index (κ1) is 30.1. The van der Waals surface area contributed by atoms with E-state index >= 15 is 13.2 Å². The number of nitrogens with zero attached hydrogens (tertiary/aromatic N) is 4. The van der Waals surface area contributed by atoms with Crippen LogP contribution >= 0.6 is 0 Å². The van der Waals surface area contributed by atoms with Crippen LogP contribution in [0.25, 0.3) is 11.3 Å². The fourth-order valence-corrected chi connectivity index (χ4v) is 6.03. The number of sulfonamides is 1. The second-order valence-electron chi connectivity index (χ2n) is 10.4. The predicted octanol–water partition coefficient (Wildman–Crippen LogP) is 5.95. The van der Waals surface area contributed by atoms with Gasteiger partial charge in [-0.15, -0.1) is 0 Å². The summed E-state index contributed by atoms with van der Waals surface area (Å²) in [5.41, 5.74) is 0.576. The quantitative estimate of drug-likeness (QED) is 0.178. The van der Waals surface area contributed by atoms with Crippen LogP contribution in [-0.4, -0.2) is 42.7 Å². The van der Waals surface area contributed by atoms with Crippen molar-refractivity contribution in [1.29, 1.82) is 0 Å². The Balaban J connectivity index is 1.38. The van der Waals surface area contributed by atoms with Crippen molar-refractivity contribution in [2.45, 2.75) is 26.0 Å². The third-order valence-corrected chi connectivity index (χ3v) is 8.10. The summed E-state index contributed by atoms with van der Waals surface area (Å²) in [5, 5.41) is 3.35. The van der Waals surface area contributed by atoms with Crippen LogP contribution in [0, 0.1) is 36.2 Å². The van der Waals surface area contributed by atoms with Gasteiger partial charge in [0.05, 0.1) is 17.0 Å². The van der Waals surface area contributed by atoms with Crippen molar-refractivity contribution < 1.29 is 26.3 Å². The van der Waals surface area contributed by atoms with E-state index in [0.717, 1.165) is 19.5 Å². The first-order chi connectivity index (χ1) is 20.6. The normalized spacial score (nSPS) is 17.2. The lowest BCUT2D eigenvalue weighted by Gasteiger charge is -2.24.